The Kier molecular flexibility index (Phi) is 3.11. The molecular weight excluding hydrogens is 212 g/mol. The first kappa shape index (κ1) is 11.6. The lowest BCUT2D eigenvalue weighted by Crippen LogP contribution is -2.40. The highest BCUT2D eigenvalue weighted by Gasteiger charge is 2.21. The topological polar surface area (TPSA) is 69.1 Å². The summed E-state index contributed by atoms with van der Waals surface area (Å²) in [5.41, 5.74) is 12.1. The summed E-state index contributed by atoms with van der Waals surface area (Å²) in [6.07, 6.45) is 0. The Hall–Kier alpha value is -1.87. The Balaban J connectivity index is 2.52. The van der Waals surface area contributed by atoms with E-state index in [0.29, 0.717) is 0 Å². The molecule has 3 nitrogen and oxygen atoms in total. The highest BCUT2D eigenvalue weighted by Crippen LogP contribution is 2.26. The van der Waals surface area contributed by atoms with Crippen LogP contribution in [-0.2, 0) is 4.79 Å². The fourth-order valence-corrected chi connectivity index (χ4v) is 2.09. The van der Waals surface area contributed by atoms with Crippen LogP contribution in [0.25, 0.3) is 10.8 Å². The minimum Gasteiger partial charge on any atom is -0.368 e. The first-order valence-corrected chi connectivity index (χ1v) is 5.64. The largest absolute Gasteiger partial charge is 0.368 e. The molecule has 2 aromatic carbocycles. The number of amides is 1. The maximum Gasteiger partial charge on any atom is 0.234 e. The summed E-state index contributed by atoms with van der Waals surface area (Å²) in [5, 5.41) is 2.27. The molecule has 0 radical (unpaired) electrons. The van der Waals surface area contributed by atoms with Gasteiger partial charge in [0.05, 0.1) is 6.04 Å². The van der Waals surface area contributed by atoms with E-state index < -0.39 is 11.9 Å². The number of primary amides is 1. The van der Waals surface area contributed by atoms with E-state index in [1.54, 1.807) is 0 Å². The normalized spacial score (nSPS) is 14.5. The molecule has 4 N–H and O–H groups in total. The number of fused-ring (bicyclic) bond motifs is 1. The Bertz CT molecular complexity index is 545. The van der Waals surface area contributed by atoms with Crippen LogP contribution in [0.1, 0.15) is 18.4 Å². The molecule has 0 bridgehead atoms. The fourth-order valence-electron chi connectivity index (χ4n) is 2.09. The monoisotopic (exact) mass is 228 g/mol. The molecule has 0 fully saturated rings. The smallest absolute Gasteiger partial charge is 0.234 e. The Morgan fingerprint density at radius 2 is 1.76 bits per heavy atom. The lowest BCUT2D eigenvalue weighted by atomic mass is 9.89. The first-order chi connectivity index (χ1) is 8.11. The highest BCUT2D eigenvalue weighted by atomic mass is 16.1. The van der Waals surface area contributed by atoms with Crippen molar-refractivity contribution in [3.8, 4) is 0 Å². The summed E-state index contributed by atoms with van der Waals surface area (Å²) in [6, 6.07) is 13.4. The standard InChI is InChI=1S/C14H16N2O/c1-9(13(15)14(16)17)11-8-4-6-10-5-2-3-7-12(10)11/h2-9,13H,15H2,1H3,(H2,16,17). The molecule has 0 aliphatic carbocycles. The number of rotatable bonds is 3. The van der Waals surface area contributed by atoms with E-state index in [1.807, 2.05) is 49.4 Å². The number of carbonyl (C=O) groups excluding carboxylic acids is 1. The van der Waals surface area contributed by atoms with Crippen molar-refractivity contribution in [3.05, 3.63) is 48.0 Å². The Morgan fingerprint density at radius 1 is 1.12 bits per heavy atom. The van der Waals surface area contributed by atoms with Gasteiger partial charge >= 0.3 is 0 Å². The second-order valence-corrected chi connectivity index (χ2v) is 4.29. The zero-order valence-electron chi connectivity index (χ0n) is 9.76. The number of benzene rings is 2. The average molecular weight is 228 g/mol. The molecule has 2 aromatic rings. The van der Waals surface area contributed by atoms with Crippen LogP contribution >= 0.6 is 0 Å². The molecule has 17 heavy (non-hydrogen) atoms. The van der Waals surface area contributed by atoms with Crippen LogP contribution in [0.2, 0.25) is 0 Å². The van der Waals surface area contributed by atoms with E-state index in [9.17, 15) is 4.79 Å². The molecule has 2 atom stereocenters. The van der Waals surface area contributed by atoms with Crippen LogP contribution in [0, 0.1) is 0 Å². The van der Waals surface area contributed by atoms with Crippen molar-refractivity contribution < 1.29 is 4.79 Å². The van der Waals surface area contributed by atoms with Gasteiger partial charge in [-0.1, -0.05) is 49.4 Å². The van der Waals surface area contributed by atoms with Gasteiger partial charge in [0.2, 0.25) is 5.91 Å². The number of nitrogens with two attached hydrogens (primary N) is 2. The van der Waals surface area contributed by atoms with E-state index in [-0.39, 0.29) is 5.92 Å². The second-order valence-electron chi connectivity index (χ2n) is 4.29. The number of carbonyl (C=O) groups is 1. The van der Waals surface area contributed by atoms with Gasteiger partial charge in [0.1, 0.15) is 0 Å². The third kappa shape index (κ3) is 2.15. The van der Waals surface area contributed by atoms with Crippen molar-refractivity contribution in [2.75, 3.05) is 0 Å². The van der Waals surface area contributed by atoms with Crippen LogP contribution in [-0.4, -0.2) is 11.9 Å². The maximum atomic E-state index is 11.1. The van der Waals surface area contributed by atoms with Gasteiger partial charge in [-0.05, 0) is 16.3 Å². The lowest BCUT2D eigenvalue weighted by Gasteiger charge is -2.19. The second kappa shape index (κ2) is 4.55. The van der Waals surface area contributed by atoms with Gasteiger partial charge in [-0.25, -0.2) is 0 Å². The molecule has 0 heterocycles. The molecule has 0 aliphatic rings. The maximum absolute atomic E-state index is 11.1. The molecular formula is C14H16N2O. The molecule has 0 saturated heterocycles. The van der Waals surface area contributed by atoms with Gasteiger partial charge in [0, 0.05) is 5.92 Å². The predicted molar refractivity (Wildman–Crippen MR) is 69.5 cm³/mol. The van der Waals surface area contributed by atoms with Crippen molar-refractivity contribution >= 4 is 16.7 Å². The van der Waals surface area contributed by atoms with E-state index in [0.717, 1.165) is 16.3 Å². The minimum atomic E-state index is -0.652. The van der Waals surface area contributed by atoms with Crippen LogP contribution < -0.4 is 11.5 Å². The van der Waals surface area contributed by atoms with Gasteiger partial charge in [0.15, 0.2) is 0 Å². The molecule has 88 valence electrons. The third-order valence-electron chi connectivity index (χ3n) is 3.18. The van der Waals surface area contributed by atoms with Crippen LogP contribution in [0.15, 0.2) is 42.5 Å². The quantitative estimate of drug-likeness (QED) is 0.840. The van der Waals surface area contributed by atoms with Crippen molar-refractivity contribution in [2.45, 2.75) is 18.9 Å². The van der Waals surface area contributed by atoms with E-state index in [1.165, 1.54) is 0 Å². The average Bonchev–Trinajstić information content (AvgIpc) is 2.36. The van der Waals surface area contributed by atoms with Gasteiger partial charge in [0.25, 0.3) is 0 Å². The van der Waals surface area contributed by atoms with E-state index >= 15 is 0 Å². The van der Waals surface area contributed by atoms with Crippen LogP contribution in [0.3, 0.4) is 0 Å². The number of hydrogen-bond donors (Lipinski definition) is 2. The van der Waals surface area contributed by atoms with Crippen LogP contribution in [0.5, 0.6) is 0 Å². The van der Waals surface area contributed by atoms with E-state index in [4.69, 9.17) is 11.5 Å². The van der Waals surface area contributed by atoms with Gasteiger partial charge < -0.3 is 11.5 Å². The summed E-state index contributed by atoms with van der Waals surface area (Å²) in [6.45, 7) is 1.93. The Labute approximate surface area is 100 Å². The molecule has 0 spiro atoms. The van der Waals surface area contributed by atoms with Crippen molar-refractivity contribution in [2.24, 2.45) is 11.5 Å². The SMILES string of the molecule is CC(c1cccc2ccccc12)C(N)C(N)=O. The molecule has 3 heteroatoms. The van der Waals surface area contributed by atoms with E-state index in [2.05, 4.69) is 0 Å². The summed E-state index contributed by atoms with van der Waals surface area (Å²) >= 11 is 0. The molecule has 0 saturated carbocycles. The highest BCUT2D eigenvalue weighted by molar-refractivity contribution is 5.88. The fraction of sp³-hybridized carbons (Fsp3) is 0.214. The molecule has 2 unspecified atom stereocenters. The zero-order valence-corrected chi connectivity index (χ0v) is 9.76. The zero-order chi connectivity index (χ0) is 12.4. The lowest BCUT2D eigenvalue weighted by molar-refractivity contribution is -0.119. The van der Waals surface area contributed by atoms with Crippen molar-refractivity contribution in [1.29, 1.82) is 0 Å². The number of hydrogen-bond acceptors (Lipinski definition) is 2. The molecule has 1 amide bonds. The van der Waals surface area contributed by atoms with Gasteiger partial charge in [-0.3, -0.25) is 4.79 Å². The van der Waals surface area contributed by atoms with Gasteiger partial charge in [-0.2, -0.15) is 0 Å². The van der Waals surface area contributed by atoms with Crippen LogP contribution in [0.4, 0.5) is 0 Å². The minimum absolute atomic E-state index is 0.0846. The summed E-state index contributed by atoms with van der Waals surface area (Å²) in [4.78, 5) is 11.1. The molecule has 0 aromatic heterocycles. The molecule has 2 rings (SSSR count). The third-order valence-corrected chi connectivity index (χ3v) is 3.18. The summed E-state index contributed by atoms with van der Waals surface area (Å²) in [7, 11) is 0. The van der Waals surface area contributed by atoms with Crippen molar-refractivity contribution in [1.82, 2.24) is 0 Å². The predicted octanol–water partition coefficient (Wildman–Crippen LogP) is 1.76. The Morgan fingerprint density at radius 3 is 2.47 bits per heavy atom. The van der Waals surface area contributed by atoms with Gasteiger partial charge in [-0.15, -0.1) is 0 Å². The van der Waals surface area contributed by atoms with Crippen molar-refractivity contribution in [3.63, 3.8) is 0 Å². The summed E-state index contributed by atoms with van der Waals surface area (Å²) in [5.74, 6) is -0.552. The molecule has 0 aliphatic heterocycles. The summed E-state index contributed by atoms with van der Waals surface area (Å²) < 4.78 is 0. The first-order valence-electron chi connectivity index (χ1n) is 5.64.